The van der Waals surface area contributed by atoms with Gasteiger partial charge in [-0.05, 0) is 30.3 Å². The highest BCUT2D eigenvalue weighted by molar-refractivity contribution is 6.04. The molecule has 120 valence electrons. The van der Waals surface area contributed by atoms with Gasteiger partial charge in [-0.2, -0.15) is 5.26 Å². The summed E-state index contributed by atoms with van der Waals surface area (Å²) in [6.07, 6.45) is 2.06. The molecule has 0 amide bonds. The van der Waals surface area contributed by atoms with Gasteiger partial charge in [-0.15, -0.1) is 0 Å². The first-order valence-corrected chi connectivity index (χ1v) is 8.03. The number of pyridine rings is 1. The van der Waals surface area contributed by atoms with E-state index in [1.807, 2.05) is 69.6 Å². The fourth-order valence-corrected chi connectivity index (χ4v) is 2.42. The van der Waals surface area contributed by atoms with Crippen LogP contribution in [0.15, 0.2) is 42.6 Å². The van der Waals surface area contributed by atoms with Gasteiger partial charge in [0.05, 0.1) is 29.5 Å². The fourth-order valence-electron chi connectivity index (χ4n) is 2.42. The van der Waals surface area contributed by atoms with Crippen LogP contribution in [0.1, 0.15) is 33.3 Å². The minimum absolute atomic E-state index is 0.677. The number of aryl methyl sites for hydroxylation is 1. The van der Waals surface area contributed by atoms with Crippen molar-refractivity contribution in [1.82, 2.24) is 0 Å². The molecule has 0 spiro atoms. The van der Waals surface area contributed by atoms with Crippen molar-refractivity contribution < 1.29 is 9.30 Å². The van der Waals surface area contributed by atoms with Crippen molar-refractivity contribution in [3.8, 4) is 11.8 Å². The van der Waals surface area contributed by atoms with Crippen LogP contribution in [-0.4, -0.2) is 7.11 Å². The van der Waals surface area contributed by atoms with Crippen molar-refractivity contribution in [2.75, 3.05) is 7.11 Å². The van der Waals surface area contributed by atoms with Crippen LogP contribution in [0.4, 0.5) is 0 Å². The summed E-state index contributed by atoms with van der Waals surface area (Å²) in [4.78, 5) is 0. The third kappa shape index (κ3) is 3.78. The molecule has 1 aromatic heterocycles. The van der Waals surface area contributed by atoms with E-state index in [0.29, 0.717) is 5.56 Å². The number of hydrogen-bond donors (Lipinski definition) is 0. The summed E-state index contributed by atoms with van der Waals surface area (Å²) in [5.74, 6) is 0.848. The molecule has 0 bridgehead atoms. The number of fused-ring (bicyclic) bond motifs is 3. The van der Waals surface area contributed by atoms with Crippen molar-refractivity contribution >= 4 is 21.7 Å². The molecule has 0 atom stereocenters. The Morgan fingerprint density at radius 1 is 0.957 bits per heavy atom. The Bertz CT molecular complexity index is 832. The molecule has 0 aliphatic carbocycles. The summed E-state index contributed by atoms with van der Waals surface area (Å²) >= 11 is 0. The highest BCUT2D eigenvalue weighted by atomic mass is 16.5. The Labute approximate surface area is 138 Å². The number of benzene rings is 2. The first-order chi connectivity index (χ1) is 11.2. The lowest BCUT2D eigenvalue weighted by molar-refractivity contribution is -0.643. The van der Waals surface area contributed by atoms with Gasteiger partial charge in [-0.25, -0.2) is 4.57 Å². The van der Waals surface area contributed by atoms with E-state index in [9.17, 15) is 0 Å². The Kier molecular flexibility index (Phi) is 7.02. The van der Waals surface area contributed by atoms with Crippen LogP contribution in [0.5, 0.6) is 5.75 Å². The van der Waals surface area contributed by atoms with Crippen LogP contribution < -0.4 is 9.30 Å². The molecule has 0 unspecified atom stereocenters. The molecule has 2 aromatic carbocycles. The molecule has 3 rings (SSSR count). The molecule has 0 aliphatic rings. The van der Waals surface area contributed by atoms with Crippen molar-refractivity contribution in [1.29, 1.82) is 5.26 Å². The van der Waals surface area contributed by atoms with Crippen LogP contribution >= 0.6 is 0 Å². The predicted octanol–water partition coefficient (Wildman–Crippen LogP) is 4.75. The lowest BCUT2D eigenvalue weighted by Crippen LogP contribution is -2.28. The van der Waals surface area contributed by atoms with Gasteiger partial charge in [0.1, 0.15) is 12.8 Å². The maximum absolute atomic E-state index is 8.99. The van der Waals surface area contributed by atoms with Crippen molar-refractivity contribution in [3.05, 3.63) is 48.2 Å². The third-order valence-electron chi connectivity index (χ3n) is 3.39. The molecule has 0 aliphatic heterocycles. The van der Waals surface area contributed by atoms with E-state index >= 15 is 0 Å². The van der Waals surface area contributed by atoms with Gasteiger partial charge in [0.15, 0.2) is 6.20 Å². The molecule has 1 heterocycles. The molecule has 0 radical (unpaired) electrons. The van der Waals surface area contributed by atoms with Gasteiger partial charge in [0, 0.05) is 11.5 Å². The van der Waals surface area contributed by atoms with Gasteiger partial charge in [-0.3, -0.25) is 0 Å². The molecule has 0 N–H and O–H groups in total. The van der Waals surface area contributed by atoms with Crippen LogP contribution in [-0.2, 0) is 7.05 Å². The lowest BCUT2D eigenvalue weighted by Gasteiger charge is -2.05. The van der Waals surface area contributed by atoms with E-state index < -0.39 is 0 Å². The van der Waals surface area contributed by atoms with Crippen LogP contribution in [0.2, 0.25) is 0 Å². The number of nitriles is 1. The van der Waals surface area contributed by atoms with Crippen LogP contribution in [0, 0.1) is 11.3 Å². The predicted molar refractivity (Wildman–Crippen MR) is 96.6 cm³/mol. The number of methoxy groups -OCH3 is 1. The summed E-state index contributed by atoms with van der Waals surface area (Å²) in [6, 6.07) is 14.0. The average Bonchev–Trinajstić information content (AvgIpc) is 2.64. The monoisotopic (exact) mass is 309 g/mol. The minimum Gasteiger partial charge on any atom is -0.497 e. The second-order valence-electron chi connectivity index (χ2n) is 4.54. The molecule has 0 saturated carbocycles. The molecular formula is C20H25N2O+. The summed E-state index contributed by atoms with van der Waals surface area (Å²) in [6.45, 7) is 8.00. The fraction of sp³-hybridized carbons (Fsp3) is 0.300. The number of rotatable bonds is 1. The average molecular weight is 309 g/mol. The van der Waals surface area contributed by atoms with Crippen molar-refractivity contribution in [2.45, 2.75) is 27.7 Å². The molecular weight excluding hydrogens is 284 g/mol. The van der Waals surface area contributed by atoms with Crippen molar-refractivity contribution in [3.63, 3.8) is 0 Å². The summed E-state index contributed by atoms with van der Waals surface area (Å²) in [5, 5.41) is 12.4. The Morgan fingerprint density at radius 2 is 1.61 bits per heavy atom. The van der Waals surface area contributed by atoms with Gasteiger partial charge in [-0.1, -0.05) is 27.7 Å². The van der Waals surface area contributed by atoms with E-state index in [0.717, 1.165) is 22.0 Å². The SMILES string of the molecule is CC.CC.COc1ccc2c(c1)c[n+](C)c1cc(C#N)ccc21. The quantitative estimate of drug-likeness (QED) is 0.480. The van der Waals surface area contributed by atoms with Gasteiger partial charge >= 0.3 is 0 Å². The molecule has 3 heteroatoms. The highest BCUT2D eigenvalue weighted by Gasteiger charge is 2.11. The maximum atomic E-state index is 8.99. The van der Waals surface area contributed by atoms with E-state index in [1.165, 1.54) is 5.39 Å². The Hall–Kier alpha value is -2.60. The first kappa shape index (κ1) is 18.4. The maximum Gasteiger partial charge on any atom is 0.214 e. The smallest absolute Gasteiger partial charge is 0.214 e. The van der Waals surface area contributed by atoms with Gasteiger partial charge < -0.3 is 4.74 Å². The van der Waals surface area contributed by atoms with Gasteiger partial charge in [0.2, 0.25) is 5.52 Å². The second-order valence-corrected chi connectivity index (χ2v) is 4.54. The third-order valence-corrected chi connectivity index (χ3v) is 3.39. The van der Waals surface area contributed by atoms with E-state index in [4.69, 9.17) is 10.00 Å². The zero-order valence-corrected chi connectivity index (χ0v) is 14.8. The van der Waals surface area contributed by atoms with E-state index in [-0.39, 0.29) is 0 Å². The molecule has 0 fully saturated rings. The van der Waals surface area contributed by atoms with Crippen molar-refractivity contribution in [2.24, 2.45) is 7.05 Å². The van der Waals surface area contributed by atoms with Crippen LogP contribution in [0.3, 0.4) is 0 Å². The van der Waals surface area contributed by atoms with E-state index in [1.54, 1.807) is 7.11 Å². The van der Waals surface area contributed by atoms with E-state index in [2.05, 4.69) is 18.3 Å². The summed E-state index contributed by atoms with van der Waals surface area (Å²) < 4.78 is 7.30. The summed E-state index contributed by atoms with van der Waals surface area (Å²) in [5.41, 5.74) is 1.73. The Morgan fingerprint density at radius 3 is 2.22 bits per heavy atom. The minimum atomic E-state index is 0.677. The number of ether oxygens (including phenoxy) is 1. The largest absolute Gasteiger partial charge is 0.497 e. The molecule has 23 heavy (non-hydrogen) atoms. The zero-order chi connectivity index (χ0) is 17.4. The molecule has 0 saturated heterocycles. The standard InChI is InChI=1S/C16H13N2O.2C2H6/c1-18-10-12-8-13(19-2)4-6-14(12)15-5-3-11(9-17)7-16(15)18;2*1-2/h3-8,10H,1-2H3;2*1-2H3/q+1;;. The zero-order valence-electron chi connectivity index (χ0n) is 14.8. The lowest BCUT2D eigenvalue weighted by atomic mass is 10.0. The number of aromatic nitrogens is 1. The summed E-state index contributed by atoms with van der Waals surface area (Å²) in [7, 11) is 3.66. The first-order valence-electron chi connectivity index (χ1n) is 8.03. The second kappa shape index (κ2) is 8.75. The number of nitrogens with zero attached hydrogens (tertiary/aromatic N) is 2. The van der Waals surface area contributed by atoms with Crippen LogP contribution in [0.25, 0.3) is 21.7 Å². The topological polar surface area (TPSA) is 36.9 Å². The Balaban J connectivity index is 0.000000615. The molecule has 3 aromatic rings. The normalized spacial score (nSPS) is 9.26. The van der Waals surface area contributed by atoms with Gasteiger partial charge in [0.25, 0.3) is 0 Å². The highest BCUT2D eigenvalue weighted by Crippen LogP contribution is 2.26. The number of hydrogen-bond acceptors (Lipinski definition) is 2. The molecule has 3 nitrogen and oxygen atoms in total.